The lowest BCUT2D eigenvalue weighted by molar-refractivity contribution is -0.265. The maximum atomic E-state index is 14.7. The summed E-state index contributed by atoms with van der Waals surface area (Å²) in [6, 6.07) is 3.43. The van der Waals surface area contributed by atoms with Crippen LogP contribution in [-0.2, 0) is 100 Å². The number of fused-ring (bicyclic) bond motifs is 5. The van der Waals surface area contributed by atoms with E-state index in [1.165, 1.54) is 19.3 Å². The van der Waals surface area contributed by atoms with Crippen molar-refractivity contribution in [1.82, 2.24) is 49.9 Å². The molecule has 0 spiro atoms. The van der Waals surface area contributed by atoms with Gasteiger partial charge in [0.1, 0.15) is 53.5 Å². The average molecular weight is 1710 g/mol. The van der Waals surface area contributed by atoms with Crippen LogP contribution >= 0.6 is 0 Å². The van der Waals surface area contributed by atoms with Gasteiger partial charge in [0.15, 0.2) is 17.0 Å². The fourth-order valence-corrected chi connectivity index (χ4v) is 16.1. The van der Waals surface area contributed by atoms with E-state index in [0.29, 0.717) is 197 Å². The Bertz CT molecular complexity index is 4280. The summed E-state index contributed by atoms with van der Waals surface area (Å²) in [6.45, 7) is 21.5. The minimum Gasteiger partial charge on any atom is -0.459 e. The van der Waals surface area contributed by atoms with E-state index >= 15 is 0 Å². The molecular formula is C88H133N13O21. The van der Waals surface area contributed by atoms with Crippen molar-refractivity contribution in [3.63, 3.8) is 0 Å². The van der Waals surface area contributed by atoms with Crippen molar-refractivity contribution < 1.29 is 101 Å². The number of benzene rings is 1. The second-order valence-electron chi connectivity index (χ2n) is 33.7. The molecule has 1 aliphatic carbocycles. The van der Waals surface area contributed by atoms with E-state index in [9.17, 15) is 44.1 Å². The topological polar surface area (TPSA) is 458 Å². The number of nitrogens with one attached hydrogen (secondary N) is 1. The van der Waals surface area contributed by atoms with Crippen LogP contribution in [0.4, 0.5) is 11.8 Å². The van der Waals surface area contributed by atoms with Gasteiger partial charge < -0.3 is 99.3 Å². The summed E-state index contributed by atoms with van der Waals surface area (Å²) in [7, 11) is 3.21. The SMILES string of the molecule is CO[C@H]1C[C@@H]2CC[C@@H](C)[C@@](O)(O2)C(=O)C(=O)N2CCCC[C@H]2C(=O)O[C@H]([C@H](N)C[C@@H]2CC[C@@H](OCCC(C)(C)Cc3cn(CCOCCOCCOCCOCCOCCOCCC(=O)NCCCCn4nc(-c5ccc6oc(N)nc6c5)c5c(N)ncnc54)nn3)[C@H](OC)C2)CC(=O)[C@H](C)/C=C(\C)[C@@H](O)[C@@H](O)C(=O)[C@H](C)C[C@H](C)/C=C/C=CC=C1C. The number of piperidine rings is 1. The van der Waals surface area contributed by atoms with Crippen molar-refractivity contribution in [1.29, 1.82) is 0 Å². The van der Waals surface area contributed by atoms with Gasteiger partial charge in [-0.15, -0.1) is 5.10 Å². The predicted molar refractivity (Wildman–Crippen MR) is 454 cm³/mol. The van der Waals surface area contributed by atoms with E-state index in [0.717, 1.165) is 41.0 Å². The summed E-state index contributed by atoms with van der Waals surface area (Å²) < 4.78 is 73.9. The standard InChI is InChI=1S/C88H133N13O21/c1-56-18-12-11-13-19-57(2)72(111-9)51-65-24-21-61(6)88(110,122-65)81(107)84(108)100-30-16-14-20-68(100)85(109)120-73(52-69(102)58(3)47-60(5)79(105)80(106)78(104)59(4)46-56)66(89)48-62-22-25-71(74(49-62)112-10)119-34-28-87(7,8)53-64-54-99(98-96-64)32-35-114-37-39-116-41-43-118-45-44-117-42-40-115-38-36-113-33-27-75(103)92-29-15-17-31-101-83-76(82(90)93-55-94-83)77(97-101)63-23-26-70-67(50-63)95-86(91)121-70/h11-13,18-19,23,26,47,50,54-56,58-59,61-62,65-66,68,71-74,79-80,105-106,110H,14-17,20-22,24-25,27-46,48-49,51-53,89H2,1-10H3,(H2,91,95)(H,92,103)(H2,90,93,94)/b13-11?,18-12+,57-19?,60-47+/t56-,58-,59-,61-,62+,65+,66-,68+,71-,72+,73+,74-,79-,80+,88-/m1/s1. The van der Waals surface area contributed by atoms with Gasteiger partial charge in [-0.1, -0.05) is 83.2 Å². The van der Waals surface area contributed by atoms with Crippen molar-refractivity contribution in [2.75, 3.05) is 125 Å². The molecule has 676 valence electrons. The van der Waals surface area contributed by atoms with E-state index in [4.69, 9.17) is 78.8 Å². The molecule has 1 aromatic carbocycles. The Morgan fingerprint density at radius 2 is 1.48 bits per heavy atom. The summed E-state index contributed by atoms with van der Waals surface area (Å²) in [5.41, 5.74) is 24.0. The molecule has 3 fully saturated rings. The van der Waals surface area contributed by atoms with Crippen LogP contribution in [0.1, 0.15) is 164 Å². The second-order valence-corrected chi connectivity index (χ2v) is 33.7. The van der Waals surface area contributed by atoms with E-state index in [1.54, 1.807) is 50.4 Å². The molecule has 0 unspecified atom stereocenters. The Morgan fingerprint density at radius 3 is 2.18 bits per heavy atom. The number of ether oxygens (including phenoxy) is 11. The van der Waals surface area contributed by atoms with Crippen LogP contribution < -0.4 is 22.5 Å². The number of nitrogens with two attached hydrogens (primary N) is 3. The van der Waals surface area contributed by atoms with Crippen molar-refractivity contribution in [3.8, 4) is 11.3 Å². The summed E-state index contributed by atoms with van der Waals surface area (Å²) >= 11 is 0. The van der Waals surface area contributed by atoms with Gasteiger partial charge >= 0.3 is 5.97 Å². The molecule has 3 aliphatic heterocycles. The number of aliphatic hydroxyl groups is 3. The van der Waals surface area contributed by atoms with Crippen LogP contribution in [0.5, 0.6) is 0 Å². The minimum absolute atomic E-state index is 0.0232. The van der Waals surface area contributed by atoms with Gasteiger partial charge in [0.05, 0.1) is 121 Å². The Kier molecular flexibility index (Phi) is 39.1. The van der Waals surface area contributed by atoms with E-state index in [1.807, 2.05) is 62.6 Å². The fraction of sp³-hybridized carbons (Fsp3) is 0.682. The molecular weight excluding hydrogens is 1580 g/mol. The Balaban J connectivity index is 0.629. The molecule has 2 amide bonds. The number of aliphatic hydroxyl groups excluding tert-OH is 2. The number of nitrogen functional groups attached to an aromatic ring is 2. The number of ketones is 3. The van der Waals surface area contributed by atoms with E-state index < -0.39 is 95.4 Å². The highest BCUT2D eigenvalue weighted by molar-refractivity contribution is 6.39. The maximum absolute atomic E-state index is 14.7. The number of nitrogens with zero attached hydrogens (tertiary/aromatic N) is 9. The van der Waals surface area contributed by atoms with E-state index in [2.05, 4.69) is 44.4 Å². The first-order chi connectivity index (χ1) is 58.6. The zero-order valence-corrected chi connectivity index (χ0v) is 72.9. The van der Waals surface area contributed by atoms with Gasteiger partial charge in [0.25, 0.3) is 17.7 Å². The lowest BCUT2D eigenvalue weighted by Gasteiger charge is -2.42. The third-order valence-corrected chi connectivity index (χ3v) is 23.5. The number of cyclic esters (lactones) is 1. The number of methoxy groups -OCH3 is 2. The van der Waals surface area contributed by atoms with Crippen molar-refractivity contribution >= 4 is 69.1 Å². The normalized spacial score (nSPS) is 26.6. The number of rotatable bonds is 38. The van der Waals surface area contributed by atoms with Gasteiger partial charge in [-0.2, -0.15) is 10.1 Å². The van der Waals surface area contributed by atoms with Gasteiger partial charge in [-0.3, -0.25) is 24.0 Å². The van der Waals surface area contributed by atoms with Crippen LogP contribution in [0, 0.1) is 35.0 Å². The number of hydrogen-bond acceptors (Lipinski definition) is 30. The quantitative estimate of drug-likeness (QED) is 0.00861. The number of allylic oxidation sites excluding steroid dienone is 6. The molecule has 5 aromatic rings. The number of carbonyl (C=O) groups is 6. The van der Waals surface area contributed by atoms with Gasteiger partial charge in [0, 0.05) is 95.3 Å². The molecule has 122 heavy (non-hydrogen) atoms. The smallest absolute Gasteiger partial charge is 0.329 e. The highest BCUT2D eigenvalue weighted by Crippen LogP contribution is 2.39. The first kappa shape index (κ1) is 97.6. The van der Waals surface area contributed by atoms with Crippen LogP contribution in [0.25, 0.3) is 33.4 Å². The highest BCUT2D eigenvalue weighted by atomic mass is 16.6. The number of Topliss-reactive ketones (excluding diaryl/α,β-unsaturated/α-hetero) is 3. The maximum Gasteiger partial charge on any atom is 0.329 e. The lowest BCUT2D eigenvalue weighted by atomic mass is 9.80. The summed E-state index contributed by atoms with van der Waals surface area (Å²) in [5, 5.41) is 51.9. The molecule has 4 aliphatic rings. The molecule has 1 saturated carbocycles. The molecule has 2 saturated heterocycles. The number of esters is 1. The summed E-state index contributed by atoms with van der Waals surface area (Å²) in [6.07, 6.45) is 15.6. The number of aryl methyl sites for hydroxylation is 1. The lowest BCUT2D eigenvalue weighted by Crippen LogP contribution is -2.61. The van der Waals surface area contributed by atoms with E-state index in [-0.39, 0.29) is 85.8 Å². The monoisotopic (exact) mass is 1710 g/mol. The third kappa shape index (κ3) is 29.2. The third-order valence-electron chi connectivity index (χ3n) is 23.5. The molecule has 10 N–H and O–H groups in total. The van der Waals surface area contributed by atoms with Gasteiger partial charge in [0.2, 0.25) is 11.7 Å². The first-order valence-corrected chi connectivity index (χ1v) is 43.3. The van der Waals surface area contributed by atoms with Crippen LogP contribution in [0.15, 0.2) is 82.7 Å². The molecule has 34 heteroatoms. The number of oxazole rings is 1. The van der Waals surface area contributed by atoms with Crippen LogP contribution in [0.3, 0.4) is 0 Å². The number of carbonyl (C=O) groups excluding carboxylic acids is 6. The first-order valence-electron chi connectivity index (χ1n) is 43.3. The molecule has 15 atom stereocenters. The zero-order chi connectivity index (χ0) is 87.9. The number of hydrogen-bond donors (Lipinski definition) is 7. The van der Waals surface area contributed by atoms with Gasteiger partial charge in [-0.25, -0.2) is 24.1 Å². The van der Waals surface area contributed by atoms with Crippen LogP contribution in [-0.4, -0.2) is 269 Å². The minimum atomic E-state index is -2.49. The Labute approximate surface area is 715 Å². The average Bonchev–Trinajstić information content (AvgIpc) is 1.57. The highest BCUT2D eigenvalue weighted by Gasteiger charge is 2.53. The Morgan fingerprint density at radius 1 is 0.770 bits per heavy atom. The predicted octanol–water partition coefficient (Wildman–Crippen LogP) is 7.69. The molecule has 9 rings (SSSR count). The van der Waals surface area contributed by atoms with Crippen LogP contribution in [0.2, 0.25) is 0 Å². The molecule has 4 aromatic heterocycles. The fourth-order valence-electron chi connectivity index (χ4n) is 16.1. The largest absolute Gasteiger partial charge is 0.459 e. The number of amides is 2. The number of anilines is 2. The number of aromatic nitrogens is 8. The zero-order valence-electron chi connectivity index (χ0n) is 72.9. The number of unbranched alkanes of at least 4 members (excludes halogenated alkanes) is 1. The summed E-state index contributed by atoms with van der Waals surface area (Å²) in [4.78, 5) is 98.2. The summed E-state index contributed by atoms with van der Waals surface area (Å²) in [5.74, 6) is -8.71. The van der Waals surface area contributed by atoms with Crippen molar-refractivity contribution in [3.05, 3.63) is 84.0 Å². The molecule has 7 heterocycles. The molecule has 0 radical (unpaired) electrons. The molecule has 2 bridgehead atoms. The van der Waals surface area contributed by atoms with Crippen molar-refractivity contribution in [2.45, 2.75) is 238 Å². The Hall–Kier alpha value is -8.20. The molecule has 34 nitrogen and oxygen atoms in total. The second kappa shape index (κ2) is 48.9. The van der Waals surface area contributed by atoms with Gasteiger partial charge in [-0.05, 0) is 150 Å². The van der Waals surface area contributed by atoms with Crippen molar-refractivity contribution in [2.24, 2.45) is 40.7 Å².